The molecule has 78 valence electrons. The lowest BCUT2D eigenvalue weighted by Gasteiger charge is -2.10. The first-order chi connectivity index (χ1) is 6.69. The number of methoxy groups -OCH3 is 1. The molecule has 0 aliphatic rings. The molecule has 14 heavy (non-hydrogen) atoms. The third kappa shape index (κ3) is 2.32. The van der Waals surface area contributed by atoms with Gasteiger partial charge in [-0.15, -0.1) is 0 Å². The topological polar surface area (TPSA) is 64.3 Å². The van der Waals surface area contributed by atoms with Gasteiger partial charge in [-0.25, -0.2) is 4.98 Å². The molecular weight excluding hydrogens is 184 g/mol. The van der Waals surface area contributed by atoms with Crippen LogP contribution in [0.2, 0.25) is 0 Å². The van der Waals surface area contributed by atoms with Gasteiger partial charge in [0.1, 0.15) is 6.10 Å². The van der Waals surface area contributed by atoms with Crippen LogP contribution in [0.3, 0.4) is 0 Å². The Morgan fingerprint density at radius 2 is 2.50 bits per heavy atom. The predicted molar refractivity (Wildman–Crippen MR) is 49.5 cm³/mol. The summed E-state index contributed by atoms with van der Waals surface area (Å²) in [5.74, 6) is -0.429. The molecule has 1 rings (SSSR count). The summed E-state index contributed by atoms with van der Waals surface area (Å²) < 4.78 is 6.25. The van der Waals surface area contributed by atoms with Gasteiger partial charge in [0, 0.05) is 6.54 Å². The highest BCUT2D eigenvalue weighted by Gasteiger charge is 2.16. The molecule has 0 radical (unpaired) electrons. The normalized spacial score (nSPS) is 12.5. The highest BCUT2D eigenvalue weighted by atomic mass is 16.5. The maximum absolute atomic E-state index is 10.9. The van der Waals surface area contributed by atoms with Gasteiger partial charge in [-0.1, -0.05) is 0 Å². The maximum Gasteiger partial charge on any atom is 0.308 e. The van der Waals surface area contributed by atoms with Gasteiger partial charge in [0.2, 0.25) is 0 Å². The van der Waals surface area contributed by atoms with Gasteiger partial charge >= 0.3 is 5.97 Å². The lowest BCUT2D eigenvalue weighted by molar-refractivity contribution is -0.143. The molecule has 5 nitrogen and oxygen atoms in total. The molecule has 5 heteroatoms. The standard InChI is InChI=1S/C9H14N2O3/c1-3-11-6-10-5-7(11)8(12)4-9(13)14-2/h5-6,8,12H,3-4H2,1-2H3/t8-/m1/s1. The van der Waals surface area contributed by atoms with E-state index in [0.717, 1.165) is 0 Å². The number of ether oxygens (including phenoxy) is 1. The van der Waals surface area contributed by atoms with E-state index < -0.39 is 12.1 Å². The van der Waals surface area contributed by atoms with Gasteiger partial charge in [0.05, 0.1) is 31.7 Å². The number of hydrogen-bond donors (Lipinski definition) is 1. The Kier molecular flexibility index (Phi) is 3.64. The van der Waals surface area contributed by atoms with Gasteiger partial charge in [-0.05, 0) is 6.92 Å². The first kappa shape index (κ1) is 10.7. The molecule has 1 aromatic rings. The first-order valence-corrected chi connectivity index (χ1v) is 4.44. The second-order valence-electron chi connectivity index (χ2n) is 2.90. The molecule has 1 aromatic heterocycles. The smallest absolute Gasteiger partial charge is 0.308 e. The second kappa shape index (κ2) is 4.76. The fraction of sp³-hybridized carbons (Fsp3) is 0.556. The van der Waals surface area contributed by atoms with Crippen LogP contribution in [0.5, 0.6) is 0 Å². The van der Waals surface area contributed by atoms with E-state index in [-0.39, 0.29) is 6.42 Å². The van der Waals surface area contributed by atoms with E-state index in [9.17, 15) is 9.90 Å². The summed E-state index contributed by atoms with van der Waals surface area (Å²) in [6.07, 6.45) is 2.29. The van der Waals surface area contributed by atoms with Crippen molar-refractivity contribution >= 4 is 5.97 Å². The van der Waals surface area contributed by atoms with Crippen molar-refractivity contribution in [3.8, 4) is 0 Å². The quantitative estimate of drug-likeness (QED) is 0.715. The highest BCUT2D eigenvalue weighted by Crippen LogP contribution is 2.16. The highest BCUT2D eigenvalue weighted by molar-refractivity contribution is 5.69. The molecule has 0 bridgehead atoms. The van der Waals surface area contributed by atoms with Crippen LogP contribution < -0.4 is 0 Å². The minimum absolute atomic E-state index is 0.0395. The summed E-state index contributed by atoms with van der Waals surface area (Å²) >= 11 is 0. The number of hydrogen-bond acceptors (Lipinski definition) is 4. The molecule has 0 spiro atoms. The van der Waals surface area contributed by atoms with Gasteiger partial charge < -0.3 is 14.4 Å². The Morgan fingerprint density at radius 3 is 3.07 bits per heavy atom. The SMILES string of the molecule is CCn1cncc1[C@H](O)CC(=O)OC. The molecule has 0 saturated heterocycles. The first-order valence-electron chi connectivity index (χ1n) is 4.44. The molecule has 0 unspecified atom stereocenters. The molecule has 0 fully saturated rings. The van der Waals surface area contributed by atoms with Gasteiger partial charge in [0.15, 0.2) is 0 Å². The molecule has 0 aliphatic heterocycles. The van der Waals surface area contributed by atoms with Crippen molar-refractivity contribution in [2.24, 2.45) is 0 Å². The third-order valence-corrected chi connectivity index (χ3v) is 2.01. The number of rotatable bonds is 4. The maximum atomic E-state index is 10.9. The van der Waals surface area contributed by atoms with Crippen molar-refractivity contribution in [2.75, 3.05) is 7.11 Å². The molecular formula is C9H14N2O3. The Bertz CT molecular complexity index is 309. The number of imidazole rings is 1. The Hall–Kier alpha value is -1.36. The monoisotopic (exact) mass is 198 g/mol. The predicted octanol–water partition coefficient (Wildman–Crippen LogP) is 0.499. The Labute approximate surface area is 82.3 Å². The van der Waals surface area contributed by atoms with E-state index in [2.05, 4.69) is 9.72 Å². The van der Waals surface area contributed by atoms with E-state index in [0.29, 0.717) is 12.2 Å². The minimum Gasteiger partial charge on any atom is -0.469 e. The average Bonchev–Trinajstić information content (AvgIpc) is 2.65. The number of carbonyl (C=O) groups excluding carboxylic acids is 1. The van der Waals surface area contributed by atoms with E-state index in [1.807, 2.05) is 6.92 Å². The molecule has 1 atom stereocenters. The van der Waals surface area contributed by atoms with Crippen molar-refractivity contribution in [1.29, 1.82) is 0 Å². The van der Waals surface area contributed by atoms with Crippen LogP contribution in [-0.4, -0.2) is 27.7 Å². The number of aryl methyl sites for hydroxylation is 1. The zero-order valence-corrected chi connectivity index (χ0v) is 8.30. The molecule has 0 amide bonds. The summed E-state index contributed by atoms with van der Waals surface area (Å²) in [4.78, 5) is 14.8. The summed E-state index contributed by atoms with van der Waals surface area (Å²) in [7, 11) is 1.30. The van der Waals surface area contributed by atoms with Crippen molar-refractivity contribution in [2.45, 2.75) is 26.0 Å². The number of carbonyl (C=O) groups is 1. The van der Waals surface area contributed by atoms with Crippen LogP contribution in [-0.2, 0) is 16.1 Å². The lowest BCUT2D eigenvalue weighted by Crippen LogP contribution is -2.11. The third-order valence-electron chi connectivity index (χ3n) is 2.01. The van der Waals surface area contributed by atoms with E-state index >= 15 is 0 Å². The van der Waals surface area contributed by atoms with Crippen LogP contribution in [0.25, 0.3) is 0 Å². The number of esters is 1. The minimum atomic E-state index is -0.843. The van der Waals surface area contributed by atoms with Crippen LogP contribution >= 0.6 is 0 Å². The van der Waals surface area contributed by atoms with Gasteiger partial charge in [-0.2, -0.15) is 0 Å². The number of aliphatic hydroxyl groups is 1. The Morgan fingerprint density at radius 1 is 1.79 bits per heavy atom. The molecule has 1 N–H and O–H groups in total. The summed E-state index contributed by atoms with van der Waals surface area (Å²) in [6.45, 7) is 2.66. The summed E-state index contributed by atoms with van der Waals surface area (Å²) in [5, 5.41) is 9.66. The van der Waals surface area contributed by atoms with Crippen LogP contribution in [0.4, 0.5) is 0 Å². The van der Waals surface area contributed by atoms with Crippen molar-refractivity contribution < 1.29 is 14.6 Å². The van der Waals surface area contributed by atoms with Crippen molar-refractivity contribution in [3.63, 3.8) is 0 Å². The summed E-state index contributed by atoms with van der Waals surface area (Å²) in [6, 6.07) is 0. The number of nitrogens with zero attached hydrogens (tertiary/aromatic N) is 2. The molecule has 0 saturated carbocycles. The number of aliphatic hydroxyl groups excluding tert-OH is 1. The van der Waals surface area contributed by atoms with Gasteiger partial charge in [-0.3, -0.25) is 4.79 Å². The zero-order valence-electron chi connectivity index (χ0n) is 8.30. The molecule has 1 heterocycles. The fourth-order valence-corrected chi connectivity index (χ4v) is 1.22. The van der Waals surface area contributed by atoms with Gasteiger partial charge in [0.25, 0.3) is 0 Å². The molecule has 0 aromatic carbocycles. The lowest BCUT2D eigenvalue weighted by atomic mass is 10.2. The zero-order chi connectivity index (χ0) is 10.6. The Balaban J connectivity index is 2.68. The van der Waals surface area contributed by atoms with Crippen LogP contribution in [0, 0.1) is 0 Å². The van der Waals surface area contributed by atoms with E-state index in [1.54, 1.807) is 17.1 Å². The van der Waals surface area contributed by atoms with Crippen LogP contribution in [0.15, 0.2) is 12.5 Å². The van der Waals surface area contributed by atoms with E-state index in [4.69, 9.17) is 0 Å². The fourth-order valence-electron chi connectivity index (χ4n) is 1.22. The van der Waals surface area contributed by atoms with E-state index in [1.165, 1.54) is 7.11 Å². The molecule has 0 aliphatic carbocycles. The van der Waals surface area contributed by atoms with Crippen molar-refractivity contribution in [1.82, 2.24) is 9.55 Å². The number of aromatic nitrogens is 2. The average molecular weight is 198 g/mol. The summed E-state index contributed by atoms with van der Waals surface area (Å²) in [5.41, 5.74) is 0.637. The second-order valence-corrected chi connectivity index (χ2v) is 2.90. The van der Waals surface area contributed by atoms with Crippen molar-refractivity contribution in [3.05, 3.63) is 18.2 Å². The largest absolute Gasteiger partial charge is 0.469 e. The van der Waals surface area contributed by atoms with Crippen LogP contribution in [0.1, 0.15) is 25.1 Å².